The molecular formula is C19H26N2O4S. The predicted octanol–water partition coefficient (Wildman–Crippen LogP) is 2.38. The van der Waals surface area contributed by atoms with E-state index in [2.05, 4.69) is 12.2 Å². The molecular weight excluding hydrogens is 352 g/mol. The summed E-state index contributed by atoms with van der Waals surface area (Å²) < 4.78 is 23.1. The Balaban J connectivity index is 1.69. The summed E-state index contributed by atoms with van der Waals surface area (Å²) in [5.74, 6) is -0.736. The number of anilines is 1. The van der Waals surface area contributed by atoms with Gasteiger partial charge in [0, 0.05) is 23.8 Å². The number of hydrogen-bond acceptors (Lipinski definition) is 4. The number of rotatable bonds is 3. The number of sulfone groups is 1. The number of carbonyl (C=O) groups excluding carboxylic acids is 2. The average Bonchev–Trinajstić information content (AvgIpc) is 2.96. The van der Waals surface area contributed by atoms with Gasteiger partial charge in [0.05, 0.1) is 17.4 Å². The van der Waals surface area contributed by atoms with Gasteiger partial charge >= 0.3 is 0 Å². The molecule has 2 fully saturated rings. The lowest BCUT2D eigenvalue weighted by Gasteiger charge is -2.33. The van der Waals surface area contributed by atoms with Crippen molar-refractivity contribution in [1.29, 1.82) is 0 Å². The van der Waals surface area contributed by atoms with Gasteiger partial charge in [-0.15, -0.1) is 0 Å². The first-order chi connectivity index (χ1) is 12.3. The number of amides is 2. The van der Waals surface area contributed by atoms with Crippen molar-refractivity contribution in [3.63, 3.8) is 0 Å². The fourth-order valence-electron chi connectivity index (χ4n) is 3.74. The Morgan fingerprint density at radius 1 is 1.19 bits per heavy atom. The number of benzene rings is 1. The van der Waals surface area contributed by atoms with Gasteiger partial charge in [-0.2, -0.15) is 0 Å². The lowest BCUT2D eigenvalue weighted by molar-refractivity contribution is -0.119. The first-order valence-electron chi connectivity index (χ1n) is 9.20. The van der Waals surface area contributed by atoms with Crippen molar-refractivity contribution in [3.05, 3.63) is 29.3 Å². The van der Waals surface area contributed by atoms with E-state index in [0.29, 0.717) is 17.7 Å². The third kappa shape index (κ3) is 4.09. The highest BCUT2D eigenvalue weighted by atomic mass is 32.2. The molecule has 2 saturated heterocycles. The van der Waals surface area contributed by atoms with Crippen LogP contribution in [0.3, 0.4) is 0 Å². The van der Waals surface area contributed by atoms with Gasteiger partial charge in [0.15, 0.2) is 9.84 Å². The van der Waals surface area contributed by atoms with E-state index in [1.54, 1.807) is 18.2 Å². The van der Waals surface area contributed by atoms with Gasteiger partial charge in [0.25, 0.3) is 5.91 Å². The average molecular weight is 378 g/mol. The summed E-state index contributed by atoms with van der Waals surface area (Å²) >= 11 is 0. The second-order valence-corrected chi connectivity index (χ2v) is 9.69. The minimum absolute atomic E-state index is 0.0278. The van der Waals surface area contributed by atoms with Crippen molar-refractivity contribution >= 4 is 27.3 Å². The maximum absolute atomic E-state index is 12.7. The Morgan fingerprint density at radius 2 is 1.96 bits per heavy atom. The number of nitrogens with zero attached hydrogens (tertiary/aromatic N) is 1. The molecule has 2 aliphatic heterocycles. The van der Waals surface area contributed by atoms with E-state index in [1.807, 2.05) is 11.8 Å². The standard InChI is InChI=1S/C19H26N2O4S/c1-13-11-15(19(23)21-9-4-3-5-14(21)2)6-7-17(13)20-18(22)16-8-10-26(24,25)12-16/h6-7,11,14,16H,3-5,8-10,12H2,1-2H3,(H,20,22)/t14-,16-/m0/s1. The lowest BCUT2D eigenvalue weighted by Crippen LogP contribution is -2.42. The Bertz CT molecular complexity index is 819. The van der Waals surface area contributed by atoms with Crippen molar-refractivity contribution in [2.24, 2.45) is 5.92 Å². The smallest absolute Gasteiger partial charge is 0.254 e. The quantitative estimate of drug-likeness (QED) is 0.875. The zero-order valence-corrected chi connectivity index (χ0v) is 16.1. The minimum Gasteiger partial charge on any atom is -0.336 e. The van der Waals surface area contributed by atoms with Crippen LogP contribution in [0, 0.1) is 12.8 Å². The zero-order chi connectivity index (χ0) is 18.9. The SMILES string of the molecule is Cc1cc(C(=O)N2CCCC[C@@H]2C)ccc1NC(=O)[C@H]1CCS(=O)(=O)C1. The second kappa shape index (κ2) is 7.39. The molecule has 2 amide bonds. The van der Waals surface area contributed by atoms with E-state index < -0.39 is 15.8 Å². The highest BCUT2D eigenvalue weighted by Crippen LogP contribution is 2.24. The Kier molecular flexibility index (Phi) is 5.37. The van der Waals surface area contributed by atoms with E-state index in [9.17, 15) is 18.0 Å². The van der Waals surface area contributed by atoms with Gasteiger partial charge in [-0.1, -0.05) is 0 Å². The molecule has 142 valence electrons. The summed E-state index contributed by atoms with van der Waals surface area (Å²) in [5, 5.41) is 2.82. The van der Waals surface area contributed by atoms with Crippen LogP contribution in [0.2, 0.25) is 0 Å². The van der Waals surface area contributed by atoms with E-state index in [1.165, 1.54) is 0 Å². The van der Waals surface area contributed by atoms with Crippen LogP contribution < -0.4 is 5.32 Å². The first-order valence-corrected chi connectivity index (χ1v) is 11.0. The molecule has 0 radical (unpaired) electrons. The largest absolute Gasteiger partial charge is 0.336 e. The van der Waals surface area contributed by atoms with Crippen LogP contribution in [0.4, 0.5) is 5.69 Å². The van der Waals surface area contributed by atoms with E-state index in [-0.39, 0.29) is 29.4 Å². The molecule has 6 nitrogen and oxygen atoms in total. The molecule has 2 aliphatic rings. The summed E-state index contributed by atoms with van der Waals surface area (Å²) in [6.45, 7) is 4.71. The monoisotopic (exact) mass is 378 g/mol. The third-order valence-electron chi connectivity index (χ3n) is 5.40. The van der Waals surface area contributed by atoms with Crippen LogP contribution in [-0.2, 0) is 14.6 Å². The predicted molar refractivity (Wildman–Crippen MR) is 101 cm³/mol. The number of hydrogen-bond donors (Lipinski definition) is 1. The van der Waals surface area contributed by atoms with E-state index in [0.717, 1.165) is 31.4 Å². The normalized spacial score (nSPS) is 25.1. The van der Waals surface area contributed by atoms with Crippen LogP contribution in [0.25, 0.3) is 0 Å². The summed E-state index contributed by atoms with van der Waals surface area (Å²) in [5.41, 5.74) is 2.05. The molecule has 0 aliphatic carbocycles. The van der Waals surface area contributed by atoms with Gasteiger partial charge in [0.1, 0.15) is 0 Å². The topological polar surface area (TPSA) is 83.6 Å². The lowest BCUT2D eigenvalue weighted by atomic mass is 10.0. The summed E-state index contributed by atoms with van der Waals surface area (Å²) in [6, 6.07) is 5.51. The summed E-state index contributed by atoms with van der Waals surface area (Å²) in [7, 11) is -3.09. The van der Waals surface area contributed by atoms with Crippen molar-refractivity contribution < 1.29 is 18.0 Å². The van der Waals surface area contributed by atoms with Crippen molar-refractivity contribution in [2.45, 2.75) is 45.6 Å². The number of nitrogens with one attached hydrogen (secondary N) is 1. The number of aryl methyl sites for hydroxylation is 1. The zero-order valence-electron chi connectivity index (χ0n) is 15.3. The maximum Gasteiger partial charge on any atom is 0.254 e. The molecule has 26 heavy (non-hydrogen) atoms. The van der Waals surface area contributed by atoms with Gasteiger partial charge < -0.3 is 10.2 Å². The maximum atomic E-state index is 12.7. The Morgan fingerprint density at radius 3 is 2.58 bits per heavy atom. The molecule has 1 N–H and O–H groups in total. The van der Waals surface area contributed by atoms with Crippen LogP contribution in [-0.4, -0.2) is 49.2 Å². The highest BCUT2D eigenvalue weighted by Gasteiger charge is 2.33. The van der Waals surface area contributed by atoms with Crippen LogP contribution >= 0.6 is 0 Å². The van der Waals surface area contributed by atoms with Gasteiger partial charge in [-0.3, -0.25) is 9.59 Å². The molecule has 0 aromatic heterocycles. The van der Waals surface area contributed by atoms with Crippen molar-refractivity contribution in [2.75, 3.05) is 23.4 Å². The van der Waals surface area contributed by atoms with Gasteiger partial charge in [-0.05, 0) is 63.3 Å². The van der Waals surface area contributed by atoms with Gasteiger partial charge in [-0.25, -0.2) is 8.42 Å². The van der Waals surface area contributed by atoms with E-state index >= 15 is 0 Å². The van der Waals surface area contributed by atoms with Crippen LogP contribution in [0.15, 0.2) is 18.2 Å². The van der Waals surface area contributed by atoms with E-state index in [4.69, 9.17) is 0 Å². The molecule has 1 aromatic carbocycles. The molecule has 7 heteroatoms. The Labute approximate surface area is 154 Å². The molecule has 0 unspecified atom stereocenters. The van der Waals surface area contributed by atoms with Gasteiger partial charge in [0.2, 0.25) is 5.91 Å². The molecule has 3 rings (SSSR count). The molecule has 2 atom stereocenters. The Hall–Kier alpha value is -1.89. The minimum atomic E-state index is -3.09. The molecule has 0 bridgehead atoms. The van der Waals surface area contributed by atoms with Crippen molar-refractivity contribution in [3.8, 4) is 0 Å². The molecule has 0 saturated carbocycles. The van der Waals surface area contributed by atoms with Crippen LogP contribution in [0.1, 0.15) is 48.5 Å². The molecule has 1 aromatic rings. The molecule has 2 heterocycles. The highest BCUT2D eigenvalue weighted by molar-refractivity contribution is 7.91. The summed E-state index contributed by atoms with van der Waals surface area (Å²) in [6.07, 6.45) is 3.60. The van der Waals surface area contributed by atoms with Crippen LogP contribution in [0.5, 0.6) is 0 Å². The number of carbonyl (C=O) groups is 2. The first kappa shape index (κ1) is 18.9. The molecule has 0 spiro atoms. The fraction of sp³-hybridized carbons (Fsp3) is 0.579. The second-order valence-electron chi connectivity index (χ2n) is 7.46. The number of likely N-dealkylation sites (tertiary alicyclic amines) is 1. The number of piperidine rings is 1. The summed E-state index contributed by atoms with van der Waals surface area (Å²) in [4.78, 5) is 27.0. The van der Waals surface area contributed by atoms with Crippen molar-refractivity contribution in [1.82, 2.24) is 4.90 Å². The fourth-order valence-corrected chi connectivity index (χ4v) is 5.48. The third-order valence-corrected chi connectivity index (χ3v) is 7.17.